The molecule has 184 valence electrons. The summed E-state index contributed by atoms with van der Waals surface area (Å²) in [5.74, 6) is -0.0133. The Morgan fingerprint density at radius 2 is 1.97 bits per heavy atom. The SMILES string of the molecule is CC(=O)N1c2ccc(-c3cnn(CCN4CCOCC4)c3)cc2[C@H](NC(=O)OC(C)C)C[C@@H]1C. The van der Waals surface area contributed by atoms with Gasteiger partial charge in [0.05, 0.1) is 38.1 Å². The van der Waals surface area contributed by atoms with Crippen LogP contribution in [0.5, 0.6) is 0 Å². The normalized spacial score (nSPS) is 20.8. The molecule has 0 aliphatic carbocycles. The van der Waals surface area contributed by atoms with Crippen LogP contribution in [-0.2, 0) is 20.8 Å². The number of hydrogen-bond acceptors (Lipinski definition) is 6. The van der Waals surface area contributed by atoms with Gasteiger partial charge in [-0.15, -0.1) is 0 Å². The van der Waals surface area contributed by atoms with Crippen LogP contribution in [-0.4, -0.2) is 71.7 Å². The highest BCUT2D eigenvalue weighted by Crippen LogP contribution is 2.39. The molecule has 0 radical (unpaired) electrons. The zero-order valence-electron chi connectivity index (χ0n) is 20.5. The summed E-state index contributed by atoms with van der Waals surface area (Å²) in [6.45, 7) is 12.5. The molecular formula is C25H35N5O4. The molecule has 0 bridgehead atoms. The third-order valence-corrected chi connectivity index (χ3v) is 6.37. The van der Waals surface area contributed by atoms with E-state index in [9.17, 15) is 9.59 Å². The highest BCUT2D eigenvalue weighted by atomic mass is 16.6. The van der Waals surface area contributed by atoms with E-state index >= 15 is 0 Å². The number of ether oxygens (including phenoxy) is 2. The Labute approximate surface area is 201 Å². The number of rotatable bonds is 6. The zero-order valence-corrected chi connectivity index (χ0v) is 20.5. The van der Waals surface area contributed by atoms with Crippen molar-refractivity contribution >= 4 is 17.7 Å². The first-order chi connectivity index (χ1) is 16.3. The third-order valence-electron chi connectivity index (χ3n) is 6.37. The van der Waals surface area contributed by atoms with Crippen molar-refractivity contribution in [1.29, 1.82) is 0 Å². The Hall–Kier alpha value is -2.91. The van der Waals surface area contributed by atoms with Crippen molar-refractivity contribution in [3.63, 3.8) is 0 Å². The van der Waals surface area contributed by atoms with Crippen LogP contribution in [0.15, 0.2) is 30.6 Å². The number of amides is 2. The second-order valence-electron chi connectivity index (χ2n) is 9.34. The van der Waals surface area contributed by atoms with Crippen molar-refractivity contribution < 1.29 is 19.1 Å². The van der Waals surface area contributed by atoms with Gasteiger partial charge < -0.3 is 19.7 Å². The molecular weight excluding hydrogens is 434 g/mol. The lowest BCUT2D eigenvalue weighted by Gasteiger charge is -2.39. The fourth-order valence-electron chi connectivity index (χ4n) is 4.75. The molecule has 34 heavy (non-hydrogen) atoms. The van der Waals surface area contributed by atoms with E-state index in [2.05, 4.69) is 21.4 Å². The minimum atomic E-state index is -0.448. The average Bonchev–Trinajstić information content (AvgIpc) is 3.26. The largest absolute Gasteiger partial charge is 0.447 e. The number of carbonyl (C=O) groups excluding carboxylic acids is 2. The molecule has 0 spiro atoms. The van der Waals surface area contributed by atoms with Crippen LogP contribution in [0.1, 0.15) is 45.7 Å². The smallest absolute Gasteiger partial charge is 0.407 e. The summed E-state index contributed by atoms with van der Waals surface area (Å²) in [4.78, 5) is 29.0. The second-order valence-corrected chi connectivity index (χ2v) is 9.34. The van der Waals surface area contributed by atoms with Crippen LogP contribution in [0.4, 0.5) is 10.5 Å². The molecule has 2 amide bonds. The lowest BCUT2D eigenvalue weighted by molar-refractivity contribution is -0.117. The molecule has 4 rings (SSSR count). The Bertz CT molecular complexity index is 1010. The summed E-state index contributed by atoms with van der Waals surface area (Å²) in [6.07, 6.45) is 3.87. The number of nitrogens with one attached hydrogen (secondary N) is 1. The Balaban J connectivity index is 1.56. The fourth-order valence-corrected chi connectivity index (χ4v) is 4.75. The third kappa shape index (κ3) is 5.59. The standard InChI is InChI=1S/C25H35N5O4/c1-17(2)34-25(32)27-23-13-18(3)30(19(4)31)24-6-5-20(14-22(23)24)21-15-26-29(16-21)8-7-28-9-11-33-12-10-28/h5-6,14-18,23H,7-13H2,1-4H3,(H,27,32)/t18-,23+/m0/s1. The molecule has 2 aliphatic heterocycles. The van der Waals surface area contributed by atoms with Gasteiger partial charge in [-0.1, -0.05) is 6.07 Å². The molecule has 1 aromatic heterocycles. The van der Waals surface area contributed by atoms with Crippen molar-refractivity contribution in [2.45, 2.75) is 58.8 Å². The number of morpholine rings is 1. The van der Waals surface area contributed by atoms with Gasteiger partial charge in [0.2, 0.25) is 5.91 Å². The molecule has 0 unspecified atom stereocenters. The van der Waals surface area contributed by atoms with E-state index in [1.807, 2.05) is 50.0 Å². The van der Waals surface area contributed by atoms with Crippen molar-refractivity contribution in [2.75, 3.05) is 37.7 Å². The maximum Gasteiger partial charge on any atom is 0.407 e. The summed E-state index contributed by atoms with van der Waals surface area (Å²) >= 11 is 0. The lowest BCUT2D eigenvalue weighted by atomic mass is 9.89. The Morgan fingerprint density at radius 1 is 1.21 bits per heavy atom. The number of carbonyl (C=O) groups is 2. The van der Waals surface area contributed by atoms with Crippen molar-refractivity contribution in [2.24, 2.45) is 0 Å². The van der Waals surface area contributed by atoms with Gasteiger partial charge >= 0.3 is 6.09 Å². The van der Waals surface area contributed by atoms with E-state index in [4.69, 9.17) is 9.47 Å². The van der Waals surface area contributed by atoms with Crippen molar-refractivity contribution in [1.82, 2.24) is 20.0 Å². The molecule has 2 atom stereocenters. The first-order valence-electron chi connectivity index (χ1n) is 12.1. The van der Waals surface area contributed by atoms with Crippen LogP contribution >= 0.6 is 0 Å². The van der Waals surface area contributed by atoms with E-state index in [0.717, 1.165) is 61.8 Å². The molecule has 1 N–H and O–H groups in total. The fraction of sp³-hybridized carbons (Fsp3) is 0.560. The van der Waals surface area contributed by atoms with E-state index in [1.165, 1.54) is 0 Å². The maximum atomic E-state index is 12.4. The van der Waals surface area contributed by atoms with Crippen LogP contribution in [0.3, 0.4) is 0 Å². The summed E-state index contributed by atoms with van der Waals surface area (Å²) in [6, 6.07) is 5.75. The van der Waals surface area contributed by atoms with Crippen molar-refractivity contribution in [3.05, 3.63) is 36.2 Å². The van der Waals surface area contributed by atoms with Crippen LogP contribution < -0.4 is 10.2 Å². The second kappa shape index (κ2) is 10.6. The van der Waals surface area contributed by atoms with Crippen molar-refractivity contribution in [3.8, 4) is 11.1 Å². The number of hydrogen-bond donors (Lipinski definition) is 1. The lowest BCUT2D eigenvalue weighted by Crippen LogP contribution is -2.45. The van der Waals surface area contributed by atoms with E-state index in [0.29, 0.717) is 6.42 Å². The molecule has 1 fully saturated rings. The maximum absolute atomic E-state index is 12.4. The van der Waals surface area contributed by atoms with Crippen LogP contribution in [0.2, 0.25) is 0 Å². The van der Waals surface area contributed by atoms with Gasteiger partial charge in [-0.2, -0.15) is 5.10 Å². The van der Waals surface area contributed by atoms with Gasteiger partial charge in [-0.05, 0) is 50.5 Å². The Morgan fingerprint density at radius 3 is 2.68 bits per heavy atom. The number of benzene rings is 1. The zero-order chi connectivity index (χ0) is 24.2. The molecule has 9 nitrogen and oxygen atoms in total. The van der Waals surface area contributed by atoms with Crippen LogP contribution in [0, 0.1) is 0 Å². The predicted molar refractivity (Wildman–Crippen MR) is 130 cm³/mol. The average molecular weight is 470 g/mol. The highest BCUT2D eigenvalue weighted by Gasteiger charge is 2.34. The van der Waals surface area contributed by atoms with Gasteiger partial charge in [0.1, 0.15) is 0 Å². The number of aromatic nitrogens is 2. The van der Waals surface area contributed by atoms with E-state index in [-0.39, 0.29) is 24.1 Å². The molecule has 2 aliphatic rings. The minimum absolute atomic E-state index is 0.0133. The number of fused-ring (bicyclic) bond motifs is 1. The molecule has 1 aromatic carbocycles. The summed E-state index contributed by atoms with van der Waals surface area (Å²) in [5, 5.41) is 7.55. The molecule has 9 heteroatoms. The van der Waals surface area contributed by atoms with Gasteiger partial charge in [-0.25, -0.2) is 4.79 Å². The van der Waals surface area contributed by atoms with E-state index < -0.39 is 6.09 Å². The molecule has 2 aromatic rings. The number of alkyl carbamates (subject to hydrolysis) is 1. The Kier molecular flexibility index (Phi) is 7.53. The predicted octanol–water partition coefficient (Wildman–Crippen LogP) is 3.20. The molecule has 3 heterocycles. The van der Waals surface area contributed by atoms with Gasteiger partial charge in [0.25, 0.3) is 0 Å². The molecule has 1 saturated heterocycles. The topological polar surface area (TPSA) is 88.9 Å². The summed E-state index contributed by atoms with van der Waals surface area (Å²) < 4.78 is 12.7. The number of anilines is 1. The van der Waals surface area contributed by atoms with E-state index in [1.54, 1.807) is 11.8 Å². The van der Waals surface area contributed by atoms with Gasteiger partial charge in [-0.3, -0.25) is 14.4 Å². The molecule has 0 saturated carbocycles. The van der Waals surface area contributed by atoms with Crippen LogP contribution in [0.25, 0.3) is 11.1 Å². The monoisotopic (exact) mass is 469 g/mol. The highest BCUT2D eigenvalue weighted by molar-refractivity contribution is 5.94. The first-order valence-corrected chi connectivity index (χ1v) is 12.1. The summed E-state index contributed by atoms with van der Waals surface area (Å²) in [5.41, 5.74) is 3.73. The van der Waals surface area contributed by atoms with Gasteiger partial charge in [0.15, 0.2) is 0 Å². The van der Waals surface area contributed by atoms with Gasteiger partial charge in [0, 0.05) is 50.0 Å². The first kappa shape index (κ1) is 24.2. The summed E-state index contributed by atoms with van der Waals surface area (Å²) in [7, 11) is 0. The number of nitrogens with zero attached hydrogens (tertiary/aromatic N) is 4. The minimum Gasteiger partial charge on any atom is -0.447 e. The quantitative estimate of drug-likeness (QED) is 0.699.